The number of hydrogen-bond donors (Lipinski definition) is 0. The third kappa shape index (κ3) is 17.8. The van der Waals surface area contributed by atoms with Crippen molar-refractivity contribution in [1.29, 1.82) is 0 Å². The first-order chi connectivity index (χ1) is 58.3. The van der Waals surface area contributed by atoms with Crippen molar-refractivity contribution in [2.24, 2.45) is 0 Å². The molecule has 9 heterocycles. The topological polar surface area (TPSA) is 38.9 Å². The number of fused-ring (bicyclic) bond motifs is 36. The van der Waals surface area contributed by atoms with E-state index in [0.29, 0.717) is 0 Å². The Labute approximate surface area is 755 Å². The molecule has 0 aromatic heterocycles. The van der Waals surface area contributed by atoms with E-state index in [0.717, 1.165) is 78.5 Å². The van der Waals surface area contributed by atoms with E-state index in [1.807, 2.05) is 0 Å². The molecular formula is C106H84N12Pt3. The minimum absolute atomic E-state index is 0. The van der Waals surface area contributed by atoms with Gasteiger partial charge >= 0.3 is 63.2 Å². The Hall–Kier alpha value is -11.8. The minimum atomic E-state index is 0. The Morgan fingerprint density at radius 3 is 0.521 bits per heavy atom. The summed E-state index contributed by atoms with van der Waals surface area (Å²) in [7, 11) is 0. The Morgan fingerprint density at radius 2 is 0.322 bits per heavy atom. The second-order valence-electron chi connectivity index (χ2n) is 31.5. The van der Waals surface area contributed by atoms with Crippen LogP contribution in [0.3, 0.4) is 0 Å². The van der Waals surface area contributed by atoms with Gasteiger partial charge in [-0.05, 0) is 174 Å². The van der Waals surface area contributed by atoms with Gasteiger partial charge in [-0.1, -0.05) is 170 Å². The molecule has 23 rings (SSSR count). The van der Waals surface area contributed by atoms with E-state index in [1.165, 1.54) is 157 Å². The molecule has 15 heteroatoms. The number of hydrogen-bond acceptors (Lipinski definition) is 12. The number of para-hydroxylation sites is 8. The molecule has 0 saturated heterocycles. The predicted molar refractivity (Wildman–Crippen MR) is 475 cm³/mol. The van der Waals surface area contributed by atoms with Crippen LogP contribution in [-0.2, 0) is 142 Å². The second kappa shape index (κ2) is 35.9. The molecule has 14 aromatic rings. The van der Waals surface area contributed by atoms with Gasteiger partial charge in [-0.2, -0.15) is 161 Å². The average Bonchev–Trinajstić information content (AvgIpc) is 1.65. The number of anilines is 8. The van der Waals surface area contributed by atoms with Gasteiger partial charge in [-0.25, -0.2) is 0 Å². The quantitative estimate of drug-likeness (QED) is 0.158. The third-order valence-electron chi connectivity index (χ3n) is 22.9. The molecule has 0 N–H and O–H groups in total. The second-order valence-corrected chi connectivity index (χ2v) is 31.5. The van der Waals surface area contributed by atoms with Gasteiger partial charge in [0.2, 0.25) is 0 Å². The zero-order chi connectivity index (χ0) is 78.2. The Bertz CT molecular complexity index is 5440. The molecule has 0 unspecified atom stereocenters. The first-order valence-corrected chi connectivity index (χ1v) is 40.7. The molecule has 9 aliphatic heterocycles. The monoisotopic (exact) mass is 2110 g/mol. The molecule has 0 saturated carbocycles. The van der Waals surface area contributed by atoms with Crippen molar-refractivity contribution in [1.82, 2.24) is 19.6 Å². The van der Waals surface area contributed by atoms with Crippen LogP contribution in [0.1, 0.15) is 66.8 Å². The van der Waals surface area contributed by atoms with Crippen LogP contribution in [0.25, 0.3) is 44.5 Å². The molecule has 121 heavy (non-hydrogen) atoms. The van der Waals surface area contributed by atoms with Crippen LogP contribution < -0.4 is 39.2 Å². The Balaban J connectivity index is 0.000000124. The summed E-state index contributed by atoms with van der Waals surface area (Å²) in [6, 6.07) is 131. The third-order valence-corrected chi connectivity index (χ3v) is 22.9. The fourth-order valence-corrected chi connectivity index (χ4v) is 17.6. The van der Waals surface area contributed by atoms with Crippen LogP contribution in [0, 0.1) is 76.4 Å². The van der Waals surface area contributed by atoms with E-state index in [1.54, 1.807) is 0 Å². The van der Waals surface area contributed by atoms with Crippen molar-refractivity contribution in [2.75, 3.05) is 39.2 Å². The van der Waals surface area contributed by atoms with Crippen LogP contribution in [0.4, 0.5) is 45.5 Å². The van der Waals surface area contributed by atoms with Crippen molar-refractivity contribution >= 4 is 45.5 Å². The molecule has 0 amide bonds. The standard InChI is InChI=1S/C42H32N4.C34H28N4.C30H24N4.3Pt/c1-3-11-35(12-4-1)37-21-31-19-32(22-37)26-44-30-46(42-18-10-8-16-40(42)44)28-34-20-33(23-38(24-34)36-13-5-2-6-14-36)27-45-29-43(25-31)39-15-7-9-17-41(39)45;1-3-7-31(8-4-1)33-17-27-15-28(18-33)22-36-12-14-38(26-36)24-30-16-29(23-37-13-11-35(21-27)25-37)19-34(20-30)32-9-5-2-6-10-32;1-2-12-28-27(11-1)31-17-23-7-5-9-25(15-23)19-33-22-34(30-14-4-3-13-29(30)33)20-26-10-6-8-24(16-26)18-32(28)21-31;;;/h1-18,21-24,29-30H,25-28H2;1-14,17-20,25-26H,21-24H2;1-14,21-22H,17-20H2;;;/q3*-4;3*+4. The van der Waals surface area contributed by atoms with Crippen LogP contribution in [0.15, 0.2) is 328 Å². The minimum Gasteiger partial charge on any atom is -0.506 e. The van der Waals surface area contributed by atoms with Gasteiger partial charge in [0.1, 0.15) is 0 Å². The van der Waals surface area contributed by atoms with Crippen molar-refractivity contribution < 1.29 is 63.2 Å². The van der Waals surface area contributed by atoms with Gasteiger partial charge in [0, 0.05) is 45.5 Å². The fourth-order valence-electron chi connectivity index (χ4n) is 17.6. The molecule has 0 atom stereocenters. The van der Waals surface area contributed by atoms with Crippen molar-refractivity contribution in [3.05, 3.63) is 471 Å². The summed E-state index contributed by atoms with van der Waals surface area (Å²) in [5, 5.41) is 0. The van der Waals surface area contributed by atoms with Gasteiger partial charge in [-0.3, -0.25) is 0 Å². The molecule has 9 aliphatic rings. The summed E-state index contributed by atoms with van der Waals surface area (Å²) in [4.78, 5) is 27.8. The number of rotatable bonds is 4. The number of nitrogens with zero attached hydrogens (tertiary/aromatic N) is 12. The molecule has 0 aliphatic carbocycles. The van der Waals surface area contributed by atoms with E-state index in [-0.39, 0.29) is 63.2 Å². The van der Waals surface area contributed by atoms with E-state index in [9.17, 15) is 0 Å². The van der Waals surface area contributed by atoms with Gasteiger partial charge in [0.25, 0.3) is 0 Å². The smallest absolute Gasteiger partial charge is 0.506 e. The average molecular weight is 2110 g/mol. The molecule has 12 nitrogen and oxygen atoms in total. The summed E-state index contributed by atoms with van der Waals surface area (Å²) >= 11 is 0. The summed E-state index contributed by atoms with van der Waals surface area (Å²) in [6.07, 6.45) is 8.60. The Kier molecular flexibility index (Phi) is 23.8. The van der Waals surface area contributed by atoms with E-state index in [4.69, 9.17) is 0 Å². The van der Waals surface area contributed by atoms with E-state index >= 15 is 0 Å². The molecule has 24 bridgehead atoms. The number of benzene rings is 14. The van der Waals surface area contributed by atoms with Gasteiger partial charge in [0.05, 0.1) is 0 Å². The summed E-state index contributed by atoms with van der Waals surface area (Å²) in [5.74, 6) is 0. The molecule has 0 spiro atoms. The van der Waals surface area contributed by atoms with Crippen LogP contribution in [0.5, 0.6) is 0 Å². The summed E-state index contributed by atoms with van der Waals surface area (Å²) in [5.41, 5.74) is 33.7. The SMILES string of the molecule is [Pt+4].[Pt+4].[Pt+4].[c-]1c2cc(-c3ccccc3)cc1CN1C=CN([CH-]1)Cc1[c-]c(cc(-c3ccccc3)c1)CN1C=CN([CH-]1)C2.[c-]1c2cc(-c3ccccc3)cc1CN1[CH-]N(Cc3[c-]c(cc(-c4ccccc4)c3)CN3[CH-]N(C2)c2ccccc23)c2ccccc21.[c-]1c2cccc1CN1[CH-]N(Cc3[c-]c(ccc3)CN3[CH-]N(C2)c2ccccc23)c2ccccc21. The maximum atomic E-state index is 3.83. The molecular weight excluding hydrogens is 2030 g/mol. The fraction of sp³-hybridized carbons (Fsp3) is 0.113. The van der Waals surface area contributed by atoms with Gasteiger partial charge < -0.3 is 58.8 Å². The van der Waals surface area contributed by atoms with Crippen molar-refractivity contribution in [3.8, 4) is 44.5 Å². The van der Waals surface area contributed by atoms with Crippen molar-refractivity contribution in [2.45, 2.75) is 78.5 Å². The van der Waals surface area contributed by atoms with E-state index < -0.39 is 0 Å². The largest absolute Gasteiger partial charge is 4.00 e. The first kappa shape index (κ1) is 80.3. The normalized spacial score (nSPS) is 15.5. The summed E-state index contributed by atoms with van der Waals surface area (Å²) in [6.45, 7) is 22.5. The predicted octanol–water partition coefficient (Wildman–Crippen LogP) is 21.9. The first-order valence-electron chi connectivity index (χ1n) is 40.7. The molecule has 0 radical (unpaired) electrons. The maximum Gasteiger partial charge on any atom is 4.00 e. The van der Waals surface area contributed by atoms with Gasteiger partial charge in [-0.15, -0.1) is 89.0 Å². The summed E-state index contributed by atoms with van der Waals surface area (Å²) < 4.78 is 0. The Morgan fingerprint density at radius 1 is 0.157 bits per heavy atom. The van der Waals surface area contributed by atoms with Crippen molar-refractivity contribution in [3.63, 3.8) is 0 Å². The van der Waals surface area contributed by atoms with Gasteiger partial charge in [0.15, 0.2) is 0 Å². The van der Waals surface area contributed by atoms with E-state index in [2.05, 4.69) is 463 Å². The van der Waals surface area contributed by atoms with Crippen LogP contribution in [-0.4, -0.2) is 19.6 Å². The molecule has 14 aromatic carbocycles. The zero-order valence-corrected chi connectivity index (χ0v) is 73.3. The van der Waals surface area contributed by atoms with Crippen LogP contribution in [0.2, 0.25) is 0 Å². The molecule has 598 valence electrons. The zero-order valence-electron chi connectivity index (χ0n) is 66.4. The maximum absolute atomic E-state index is 3.83. The molecule has 0 fully saturated rings. The van der Waals surface area contributed by atoms with Crippen LogP contribution >= 0.6 is 0 Å².